The molecule has 4 heteroatoms. The first-order valence-corrected chi connectivity index (χ1v) is 13.7. The van der Waals surface area contributed by atoms with Gasteiger partial charge in [-0.3, -0.25) is 4.79 Å². The normalized spacial score (nSPS) is 52.0. The first-order valence-electron chi connectivity index (χ1n) is 13.7. The van der Waals surface area contributed by atoms with Crippen LogP contribution in [0.2, 0.25) is 0 Å². The molecule has 3 saturated carbocycles. The van der Waals surface area contributed by atoms with Gasteiger partial charge in [0.2, 0.25) is 0 Å². The van der Waals surface area contributed by atoms with Gasteiger partial charge in [-0.15, -0.1) is 0 Å². The molecule has 0 saturated heterocycles. The summed E-state index contributed by atoms with van der Waals surface area (Å²) in [5, 5.41) is 32.4. The molecular formula is C30H46O4. The molecule has 0 spiro atoms. The topological polar surface area (TPSA) is 77.8 Å². The lowest BCUT2D eigenvalue weighted by Gasteiger charge is -2.70. The number of hydrogen-bond acceptors (Lipinski definition) is 3. The lowest BCUT2D eigenvalue weighted by atomic mass is 9.34. The van der Waals surface area contributed by atoms with Crippen LogP contribution < -0.4 is 0 Å². The molecule has 0 aliphatic heterocycles. The van der Waals surface area contributed by atoms with Gasteiger partial charge in [0.1, 0.15) is 0 Å². The standard InChI is InChI=1S/C30H46O4/c1-17-10-13-30(25(33)34)15-14-28(6)19(23(30)18(17)2)8-9-22-27(5)16-20(31)24(32)26(3,4)21(27)11-12-29(22,28)7/h8,17,20-22,24,31-32H,9-16H2,1-7H3,(H,33,34)/t17-,20-,21+,22-,24+,27+,28-,29-,30+/m1/s1. The first-order chi connectivity index (χ1) is 15.7. The second-order valence-corrected chi connectivity index (χ2v) is 14.2. The van der Waals surface area contributed by atoms with Crippen LogP contribution in [-0.2, 0) is 4.79 Å². The monoisotopic (exact) mass is 470 g/mol. The zero-order valence-corrected chi connectivity index (χ0v) is 22.4. The number of aliphatic carboxylic acids is 1. The smallest absolute Gasteiger partial charge is 0.314 e. The van der Waals surface area contributed by atoms with E-state index < -0.39 is 23.6 Å². The minimum Gasteiger partial charge on any atom is -0.481 e. The zero-order chi connectivity index (χ0) is 25.1. The van der Waals surface area contributed by atoms with Crippen molar-refractivity contribution in [3.8, 4) is 0 Å². The third kappa shape index (κ3) is 2.71. The highest BCUT2D eigenvalue weighted by Gasteiger charge is 2.69. The van der Waals surface area contributed by atoms with E-state index >= 15 is 0 Å². The summed E-state index contributed by atoms with van der Waals surface area (Å²) in [5.41, 5.74) is 2.68. The Balaban J connectivity index is 1.66. The Labute approximate surface area is 205 Å². The molecule has 5 aliphatic carbocycles. The third-order valence-electron chi connectivity index (χ3n) is 12.7. The molecule has 0 heterocycles. The van der Waals surface area contributed by atoms with E-state index in [0.717, 1.165) is 44.9 Å². The molecule has 5 aliphatic rings. The van der Waals surface area contributed by atoms with Crippen molar-refractivity contribution in [3.05, 3.63) is 22.8 Å². The fourth-order valence-electron chi connectivity index (χ4n) is 10.4. The number of carboxylic acid groups (broad SMARTS) is 1. The van der Waals surface area contributed by atoms with Crippen molar-refractivity contribution < 1.29 is 20.1 Å². The van der Waals surface area contributed by atoms with Gasteiger partial charge in [0.05, 0.1) is 17.6 Å². The summed E-state index contributed by atoms with van der Waals surface area (Å²) in [5.74, 6) is 0.576. The fraction of sp³-hybridized carbons (Fsp3) is 0.833. The minimum atomic E-state index is -0.723. The van der Waals surface area contributed by atoms with Gasteiger partial charge >= 0.3 is 5.97 Å². The Kier molecular flexibility index (Phi) is 5.21. The molecule has 0 unspecified atom stereocenters. The highest BCUT2D eigenvalue weighted by atomic mass is 16.4. The van der Waals surface area contributed by atoms with Crippen LogP contribution in [-0.4, -0.2) is 33.5 Å². The van der Waals surface area contributed by atoms with Crippen molar-refractivity contribution in [1.82, 2.24) is 0 Å². The van der Waals surface area contributed by atoms with Crippen LogP contribution in [0.15, 0.2) is 22.8 Å². The summed E-state index contributed by atoms with van der Waals surface area (Å²) < 4.78 is 0. The molecule has 3 fully saturated rings. The number of aliphatic hydroxyl groups excluding tert-OH is 2. The predicted octanol–water partition coefficient (Wildman–Crippen LogP) is 6.12. The molecule has 0 aromatic rings. The third-order valence-corrected chi connectivity index (χ3v) is 12.7. The molecule has 0 bridgehead atoms. The minimum absolute atomic E-state index is 0.0407. The van der Waals surface area contributed by atoms with Crippen LogP contribution in [0.25, 0.3) is 0 Å². The maximum atomic E-state index is 12.8. The van der Waals surface area contributed by atoms with Crippen LogP contribution in [0.5, 0.6) is 0 Å². The summed E-state index contributed by atoms with van der Waals surface area (Å²) in [6.07, 6.45) is 8.16. The quantitative estimate of drug-likeness (QED) is 0.431. The van der Waals surface area contributed by atoms with Gasteiger partial charge in [-0.05, 0) is 109 Å². The highest BCUT2D eigenvalue weighted by Crippen LogP contribution is 2.75. The van der Waals surface area contributed by atoms with Gasteiger partial charge in [-0.2, -0.15) is 0 Å². The maximum Gasteiger partial charge on any atom is 0.314 e. The number of carbonyl (C=O) groups is 1. The van der Waals surface area contributed by atoms with Crippen molar-refractivity contribution in [2.24, 2.45) is 44.8 Å². The van der Waals surface area contributed by atoms with E-state index in [2.05, 4.69) is 54.5 Å². The fourth-order valence-corrected chi connectivity index (χ4v) is 10.4. The molecule has 0 aromatic heterocycles. The van der Waals surface area contributed by atoms with Crippen LogP contribution in [0.1, 0.15) is 99.8 Å². The van der Waals surface area contributed by atoms with Crippen molar-refractivity contribution in [1.29, 1.82) is 0 Å². The predicted molar refractivity (Wildman–Crippen MR) is 134 cm³/mol. The number of aliphatic hydroxyl groups is 2. The number of allylic oxidation sites excluding steroid dienone is 3. The Hall–Kier alpha value is -1.13. The summed E-state index contributed by atoms with van der Waals surface area (Å²) in [4.78, 5) is 12.8. The lowest BCUT2D eigenvalue weighted by molar-refractivity contribution is -0.227. The molecule has 190 valence electrons. The second-order valence-electron chi connectivity index (χ2n) is 14.2. The summed E-state index contributed by atoms with van der Waals surface area (Å²) in [6.45, 7) is 16.0. The van der Waals surface area contributed by atoms with Crippen LogP contribution in [0.4, 0.5) is 0 Å². The molecule has 5 rings (SSSR count). The molecule has 3 N–H and O–H groups in total. The van der Waals surface area contributed by atoms with Gasteiger partial charge in [0, 0.05) is 0 Å². The average molecular weight is 471 g/mol. The van der Waals surface area contributed by atoms with E-state index in [0.29, 0.717) is 24.2 Å². The number of fused-ring (bicyclic) bond motifs is 7. The van der Waals surface area contributed by atoms with Gasteiger partial charge in [0.15, 0.2) is 0 Å². The van der Waals surface area contributed by atoms with Crippen molar-refractivity contribution in [2.75, 3.05) is 0 Å². The average Bonchev–Trinajstić information content (AvgIpc) is 2.75. The highest BCUT2D eigenvalue weighted by molar-refractivity contribution is 5.82. The van der Waals surface area contributed by atoms with E-state index in [4.69, 9.17) is 0 Å². The van der Waals surface area contributed by atoms with Gasteiger partial charge in [0.25, 0.3) is 0 Å². The van der Waals surface area contributed by atoms with Gasteiger partial charge in [-0.25, -0.2) is 0 Å². The van der Waals surface area contributed by atoms with E-state index in [9.17, 15) is 20.1 Å². The number of carboxylic acids is 1. The van der Waals surface area contributed by atoms with Crippen molar-refractivity contribution in [2.45, 2.75) is 112 Å². The van der Waals surface area contributed by atoms with Crippen molar-refractivity contribution >= 4 is 5.97 Å². The number of hydrogen-bond donors (Lipinski definition) is 3. The maximum absolute atomic E-state index is 12.8. The molecular weight excluding hydrogens is 424 g/mol. The summed E-state index contributed by atoms with van der Waals surface area (Å²) in [6, 6.07) is 0. The van der Waals surface area contributed by atoms with Crippen LogP contribution >= 0.6 is 0 Å². The van der Waals surface area contributed by atoms with Gasteiger partial charge in [-0.1, -0.05) is 53.2 Å². The summed E-state index contributed by atoms with van der Waals surface area (Å²) >= 11 is 0. The van der Waals surface area contributed by atoms with Crippen molar-refractivity contribution in [3.63, 3.8) is 0 Å². The van der Waals surface area contributed by atoms with Gasteiger partial charge < -0.3 is 15.3 Å². The SMILES string of the molecule is CC1=C2C3=CC[C@@H]4[C@@]5(C)C[C@@H](O)[C@H](O)C(C)(C)[C@@H]5CC[C@@]4(C)[C@]3(C)CC[C@@]2(C(=O)O)CC[C@H]1C. The second kappa shape index (κ2) is 7.22. The zero-order valence-electron chi connectivity index (χ0n) is 22.4. The molecule has 0 amide bonds. The van der Waals surface area contributed by atoms with E-state index in [-0.39, 0.29) is 21.7 Å². The Bertz CT molecular complexity index is 976. The molecule has 9 atom stereocenters. The molecule has 34 heavy (non-hydrogen) atoms. The molecule has 4 nitrogen and oxygen atoms in total. The van der Waals surface area contributed by atoms with Crippen LogP contribution in [0, 0.1) is 44.8 Å². The lowest BCUT2D eigenvalue weighted by Crippen LogP contribution is -2.66. The first kappa shape index (κ1) is 24.6. The van der Waals surface area contributed by atoms with E-state index in [1.54, 1.807) is 0 Å². The van der Waals surface area contributed by atoms with Crippen LogP contribution in [0.3, 0.4) is 0 Å². The summed E-state index contributed by atoms with van der Waals surface area (Å²) in [7, 11) is 0. The Morgan fingerprint density at radius 2 is 1.65 bits per heavy atom. The molecule has 0 radical (unpaired) electrons. The van der Waals surface area contributed by atoms with E-state index in [1.807, 2.05) is 0 Å². The Morgan fingerprint density at radius 1 is 0.971 bits per heavy atom. The molecule has 0 aromatic carbocycles. The van der Waals surface area contributed by atoms with E-state index in [1.165, 1.54) is 16.7 Å². The number of rotatable bonds is 1. The largest absolute Gasteiger partial charge is 0.481 e. The Morgan fingerprint density at radius 3 is 2.29 bits per heavy atom.